The van der Waals surface area contributed by atoms with Gasteiger partial charge in [0.25, 0.3) is 5.91 Å². The number of fused-ring (bicyclic) bond motifs is 1. The van der Waals surface area contributed by atoms with Crippen LogP contribution in [0.25, 0.3) is 10.9 Å². The molecule has 0 aliphatic heterocycles. The van der Waals surface area contributed by atoms with Crippen molar-refractivity contribution in [3.05, 3.63) is 35.8 Å². The highest BCUT2D eigenvalue weighted by molar-refractivity contribution is 5.98. The number of benzene rings is 1. The first-order valence-corrected chi connectivity index (χ1v) is 4.98. The third-order valence-electron chi connectivity index (χ3n) is 2.28. The quantitative estimate of drug-likeness (QED) is 0.723. The molecule has 0 fully saturated rings. The Morgan fingerprint density at radius 2 is 2.31 bits per heavy atom. The van der Waals surface area contributed by atoms with Crippen LogP contribution in [0.2, 0.25) is 0 Å². The summed E-state index contributed by atoms with van der Waals surface area (Å²) in [7, 11) is 0. The maximum atomic E-state index is 13.3. The lowest BCUT2D eigenvalue weighted by molar-refractivity contribution is 0.0950. The monoisotopic (exact) mass is 221 g/mol. The van der Waals surface area contributed by atoms with Crippen molar-refractivity contribution >= 4 is 16.8 Å². The molecule has 4 nitrogen and oxygen atoms in total. The minimum atomic E-state index is -0.365. The summed E-state index contributed by atoms with van der Waals surface area (Å²) in [6, 6.07) is 6.31. The van der Waals surface area contributed by atoms with Gasteiger partial charge in [0.15, 0.2) is 0 Å². The zero-order chi connectivity index (χ0) is 11.5. The van der Waals surface area contributed by atoms with Crippen molar-refractivity contribution in [2.24, 2.45) is 5.73 Å². The van der Waals surface area contributed by atoms with Gasteiger partial charge in [-0.2, -0.15) is 0 Å². The van der Waals surface area contributed by atoms with Crippen molar-refractivity contribution in [3.63, 3.8) is 0 Å². The molecule has 0 atom stereocenters. The molecule has 0 aliphatic rings. The number of H-pyrrole nitrogens is 1. The third-order valence-corrected chi connectivity index (χ3v) is 2.28. The molecular weight excluding hydrogens is 209 g/mol. The molecule has 0 radical (unpaired) electrons. The molecule has 1 aromatic carbocycles. The van der Waals surface area contributed by atoms with Crippen molar-refractivity contribution in [2.45, 2.75) is 0 Å². The number of amides is 1. The average molecular weight is 221 g/mol. The average Bonchev–Trinajstić information content (AvgIpc) is 2.71. The first-order chi connectivity index (χ1) is 7.72. The molecule has 4 N–H and O–H groups in total. The minimum Gasteiger partial charge on any atom is -0.350 e. The SMILES string of the molecule is NCCNC(=O)c1cc2cccc(F)c2[nH]1. The first kappa shape index (κ1) is 10.6. The van der Waals surface area contributed by atoms with Gasteiger partial charge in [0, 0.05) is 18.5 Å². The number of para-hydroxylation sites is 1. The Balaban J connectivity index is 2.32. The summed E-state index contributed by atoms with van der Waals surface area (Å²) in [5.74, 6) is -0.642. The predicted molar refractivity (Wildman–Crippen MR) is 59.6 cm³/mol. The summed E-state index contributed by atoms with van der Waals surface area (Å²) in [4.78, 5) is 14.3. The van der Waals surface area contributed by atoms with Crippen LogP contribution in [0.5, 0.6) is 0 Å². The number of nitrogens with one attached hydrogen (secondary N) is 2. The van der Waals surface area contributed by atoms with E-state index in [-0.39, 0.29) is 11.7 Å². The van der Waals surface area contributed by atoms with Crippen LogP contribution < -0.4 is 11.1 Å². The van der Waals surface area contributed by atoms with Crippen LogP contribution in [0.4, 0.5) is 4.39 Å². The number of halogens is 1. The smallest absolute Gasteiger partial charge is 0.267 e. The number of carbonyl (C=O) groups is 1. The van der Waals surface area contributed by atoms with Crippen LogP contribution >= 0.6 is 0 Å². The normalized spacial score (nSPS) is 10.6. The summed E-state index contributed by atoms with van der Waals surface area (Å²) >= 11 is 0. The topological polar surface area (TPSA) is 70.9 Å². The van der Waals surface area contributed by atoms with E-state index in [2.05, 4.69) is 10.3 Å². The molecule has 1 aromatic heterocycles. The van der Waals surface area contributed by atoms with E-state index in [1.54, 1.807) is 18.2 Å². The van der Waals surface area contributed by atoms with Crippen molar-refractivity contribution in [2.75, 3.05) is 13.1 Å². The Labute approximate surface area is 91.6 Å². The molecule has 16 heavy (non-hydrogen) atoms. The molecule has 0 unspecified atom stereocenters. The van der Waals surface area contributed by atoms with E-state index in [9.17, 15) is 9.18 Å². The van der Waals surface area contributed by atoms with Gasteiger partial charge in [-0.05, 0) is 12.1 Å². The largest absolute Gasteiger partial charge is 0.350 e. The molecule has 2 aromatic rings. The maximum absolute atomic E-state index is 13.3. The lowest BCUT2D eigenvalue weighted by Crippen LogP contribution is -2.29. The zero-order valence-corrected chi connectivity index (χ0v) is 8.59. The van der Waals surface area contributed by atoms with Crippen molar-refractivity contribution in [1.82, 2.24) is 10.3 Å². The van der Waals surface area contributed by atoms with Gasteiger partial charge in [0.1, 0.15) is 11.5 Å². The lowest BCUT2D eigenvalue weighted by atomic mass is 10.2. The summed E-state index contributed by atoms with van der Waals surface area (Å²) < 4.78 is 13.3. The van der Waals surface area contributed by atoms with Gasteiger partial charge < -0.3 is 16.0 Å². The molecule has 0 bridgehead atoms. The molecule has 1 heterocycles. The molecule has 0 aliphatic carbocycles. The van der Waals surface area contributed by atoms with Crippen LogP contribution in [-0.2, 0) is 0 Å². The van der Waals surface area contributed by atoms with Gasteiger partial charge in [-0.15, -0.1) is 0 Å². The van der Waals surface area contributed by atoms with E-state index in [0.717, 1.165) is 0 Å². The van der Waals surface area contributed by atoms with E-state index >= 15 is 0 Å². The van der Waals surface area contributed by atoms with Crippen LogP contribution in [0.15, 0.2) is 24.3 Å². The third kappa shape index (κ3) is 1.90. The van der Waals surface area contributed by atoms with Crippen LogP contribution in [-0.4, -0.2) is 24.0 Å². The van der Waals surface area contributed by atoms with Crippen molar-refractivity contribution in [1.29, 1.82) is 0 Å². The van der Waals surface area contributed by atoms with Crippen LogP contribution in [0.1, 0.15) is 10.5 Å². The fourth-order valence-electron chi connectivity index (χ4n) is 1.52. The molecular formula is C11H12FN3O. The Bertz CT molecular complexity index is 521. The highest BCUT2D eigenvalue weighted by Gasteiger charge is 2.10. The zero-order valence-electron chi connectivity index (χ0n) is 8.59. The first-order valence-electron chi connectivity index (χ1n) is 4.98. The van der Waals surface area contributed by atoms with E-state index in [4.69, 9.17) is 5.73 Å². The minimum absolute atomic E-state index is 0.277. The second-order valence-electron chi connectivity index (χ2n) is 3.43. The highest BCUT2D eigenvalue weighted by atomic mass is 19.1. The molecule has 0 saturated heterocycles. The van der Waals surface area contributed by atoms with E-state index < -0.39 is 0 Å². The van der Waals surface area contributed by atoms with Crippen LogP contribution in [0, 0.1) is 5.82 Å². The summed E-state index contributed by atoms with van der Waals surface area (Å²) in [6.07, 6.45) is 0. The van der Waals surface area contributed by atoms with Gasteiger partial charge in [-0.25, -0.2) is 4.39 Å². The molecule has 84 valence electrons. The number of aromatic nitrogens is 1. The number of carbonyl (C=O) groups excluding carboxylic acids is 1. The molecule has 5 heteroatoms. The fourth-order valence-corrected chi connectivity index (χ4v) is 1.52. The Hall–Kier alpha value is -1.88. The standard InChI is InChI=1S/C11H12FN3O/c12-8-3-1-2-7-6-9(15-10(7)8)11(16)14-5-4-13/h1-3,6,15H,4-5,13H2,(H,14,16). The Morgan fingerprint density at radius 3 is 3.00 bits per heavy atom. The lowest BCUT2D eigenvalue weighted by Gasteiger charge is -1.99. The predicted octanol–water partition coefficient (Wildman–Crippen LogP) is 0.995. The fraction of sp³-hybridized carbons (Fsp3) is 0.182. The van der Waals surface area contributed by atoms with Gasteiger partial charge in [0.2, 0.25) is 0 Å². The maximum Gasteiger partial charge on any atom is 0.267 e. The Kier molecular flexibility index (Phi) is 2.87. The number of aromatic amines is 1. The summed E-state index contributed by atoms with van der Waals surface area (Å²) in [6.45, 7) is 0.775. The van der Waals surface area contributed by atoms with Crippen molar-refractivity contribution in [3.8, 4) is 0 Å². The molecule has 0 saturated carbocycles. The Morgan fingerprint density at radius 1 is 1.50 bits per heavy atom. The molecule has 2 rings (SSSR count). The number of hydrogen-bond acceptors (Lipinski definition) is 2. The van der Waals surface area contributed by atoms with Gasteiger partial charge >= 0.3 is 0 Å². The molecule has 1 amide bonds. The van der Waals surface area contributed by atoms with Gasteiger partial charge in [0.05, 0.1) is 5.52 Å². The molecule has 0 spiro atoms. The number of hydrogen-bond donors (Lipinski definition) is 3. The van der Waals surface area contributed by atoms with E-state index in [1.165, 1.54) is 6.07 Å². The van der Waals surface area contributed by atoms with Gasteiger partial charge in [-0.1, -0.05) is 12.1 Å². The van der Waals surface area contributed by atoms with E-state index in [1.807, 2.05) is 0 Å². The number of nitrogens with two attached hydrogens (primary N) is 1. The second-order valence-corrected chi connectivity index (χ2v) is 3.43. The number of rotatable bonds is 3. The van der Waals surface area contributed by atoms with Crippen molar-refractivity contribution < 1.29 is 9.18 Å². The van der Waals surface area contributed by atoms with Crippen LogP contribution in [0.3, 0.4) is 0 Å². The summed E-state index contributed by atoms with van der Waals surface area (Å²) in [5, 5.41) is 3.29. The summed E-state index contributed by atoms with van der Waals surface area (Å²) in [5.41, 5.74) is 5.96. The second kappa shape index (κ2) is 4.32. The van der Waals surface area contributed by atoms with Gasteiger partial charge in [-0.3, -0.25) is 4.79 Å². The highest BCUT2D eigenvalue weighted by Crippen LogP contribution is 2.17. The van der Waals surface area contributed by atoms with E-state index in [0.29, 0.717) is 29.7 Å².